The molecule has 1 unspecified atom stereocenters. The first kappa shape index (κ1) is 11.2. The molecule has 1 N–H and O–H groups in total. The van der Waals surface area contributed by atoms with E-state index in [1.165, 1.54) is 0 Å². The van der Waals surface area contributed by atoms with Crippen molar-refractivity contribution in [2.45, 2.75) is 12.3 Å². The fourth-order valence-electron chi connectivity index (χ4n) is 1.02. The Labute approximate surface area is 89.1 Å². The van der Waals surface area contributed by atoms with Crippen LogP contribution < -0.4 is 0 Å². The summed E-state index contributed by atoms with van der Waals surface area (Å²) in [4.78, 5) is 0. The molecule has 0 aromatic heterocycles. The van der Waals surface area contributed by atoms with Crippen LogP contribution in [0.2, 0.25) is 0 Å². The third-order valence-corrected chi connectivity index (χ3v) is 4.79. The summed E-state index contributed by atoms with van der Waals surface area (Å²) < 4.78 is 1.04. The zero-order valence-electron chi connectivity index (χ0n) is 8.08. The zero-order valence-corrected chi connectivity index (χ0v) is 10.6. The number of hydrogen-bond donors (Lipinski definition) is 1. The van der Waals surface area contributed by atoms with E-state index in [9.17, 15) is 5.11 Å². The second-order valence-electron chi connectivity index (χ2n) is 3.42. The Kier molecular flexibility index (Phi) is 3.50. The monoisotopic (exact) mass is 260 g/mol. The minimum absolute atomic E-state index is 0.389. The highest BCUT2D eigenvalue weighted by atomic mass is 79.9. The van der Waals surface area contributed by atoms with Gasteiger partial charge in [-0.15, -0.1) is 0 Å². The SMILES string of the molecule is CP(C)C(C)(O)c1ccc(Br)cc1. The van der Waals surface area contributed by atoms with Crippen LogP contribution in [0.4, 0.5) is 0 Å². The maximum atomic E-state index is 10.2. The predicted molar refractivity (Wildman–Crippen MR) is 62.5 cm³/mol. The van der Waals surface area contributed by atoms with Crippen LogP contribution in [-0.2, 0) is 5.34 Å². The average Bonchev–Trinajstić information content (AvgIpc) is 2.04. The quantitative estimate of drug-likeness (QED) is 0.809. The van der Waals surface area contributed by atoms with E-state index in [1.807, 2.05) is 31.2 Å². The molecule has 0 aliphatic carbocycles. The highest BCUT2D eigenvalue weighted by Gasteiger charge is 2.26. The minimum atomic E-state index is -0.671. The van der Waals surface area contributed by atoms with Crippen molar-refractivity contribution in [1.29, 1.82) is 0 Å². The van der Waals surface area contributed by atoms with E-state index in [-0.39, 0.29) is 7.92 Å². The Morgan fingerprint density at radius 1 is 1.23 bits per heavy atom. The molecule has 0 spiro atoms. The van der Waals surface area contributed by atoms with Crippen molar-refractivity contribution in [3.8, 4) is 0 Å². The number of halogens is 1. The molecule has 72 valence electrons. The lowest BCUT2D eigenvalue weighted by molar-refractivity contribution is 0.153. The molecule has 1 atom stereocenters. The Bertz CT molecular complexity index is 279. The molecule has 0 saturated heterocycles. The standard InChI is InChI=1S/C10H14BrOP/c1-10(12,13(2)3)8-4-6-9(11)7-5-8/h4-7,12H,1-3H3. The Balaban J connectivity index is 3.01. The first-order valence-electron chi connectivity index (χ1n) is 4.10. The minimum Gasteiger partial charge on any atom is -0.381 e. The van der Waals surface area contributed by atoms with Crippen molar-refractivity contribution in [2.24, 2.45) is 0 Å². The fraction of sp³-hybridized carbons (Fsp3) is 0.400. The number of hydrogen-bond acceptors (Lipinski definition) is 1. The Hall–Kier alpha value is 0.0900. The lowest BCUT2D eigenvalue weighted by atomic mass is 10.1. The van der Waals surface area contributed by atoms with Gasteiger partial charge in [0.25, 0.3) is 0 Å². The molecule has 0 aliphatic rings. The van der Waals surface area contributed by atoms with Gasteiger partial charge in [-0.05, 0) is 37.9 Å². The second kappa shape index (κ2) is 4.08. The van der Waals surface area contributed by atoms with Crippen molar-refractivity contribution in [3.63, 3.8) is 0 Å². The molecular formula is C10H14BrOP. The summed E-state index contributed by atoms with van der Waals surface area (Å²) in [6.45, 7) is 6.04. The molecule has 13 heavy (non-hydrogen) atoms. The number of rotatable bonds is 2. The normalized spacial score (nSPS) is 15.8. The highest BCUT2D eigenvalue weighted by molar-refractivity contribution is 9.10. The van der Waals surface area contributed by atoms with Crippen LogP contribution in [0, 0.1) is 0 Å². The van der Waals surface area contributed by atoms with E-state index in [1.54, 1.807) is 0 Å². The van der Waals surface area contributed by atoms with Crippen LogP contribution in [0.1, 0.15) is 12.5 Å². The van der Waals surface area contributed by atoms with Gasteiger partial charge in [-0.2, -0.15) is 0 Å². The van der Waals surface area contributed by atoms with Crippen molar-refractivity contribution < 1.29 is 5.11 Å². The third kappa shape index (κ3) is 2.52. The van der Waals surface area contributed by atoms with Gasteiger partial charge in [0.15, 0.2) is 0 Å². The maximum Gasteiger partial charge on any atom is 0.105 e. The van der Waals surface area contributed by atoms with Gasteiger partial charge in [0.05, 0.1) is 0 Å². The van der Waals surface area contributed by atoms with Gasteiger partial charge in [-0.1, -0.05) is 36.0 Å². The number of aliphatic hydroxyl groups is 1. The van der Waals surface area contributed by atoms with Gasteiger partial charge in [0, 0.05) is 4.47 Å². The molecule has 1 aromatic rings. The van der Waals surface area contributed by atoms with Gasteiger partial charge in [0.1, 0.15) is 5.34 Å². The average molecular weight is 261 g/mol. The maximum absolute atomic E-state index is 10.2. The van der Waals surface area contributed by atoms with Crippen LogP contribution in [0.5, 0.6) is 0 Å². The summed E-state index contributed by atoms with van der Waals surface area (Å²) in [7, 11) is -0.389. The predicted octanol–water partition coefficient (Wildman–Crippen LogP) is 3.36. The van der Waals surface area contributed by atoms with E-state index in [2.05, 4.69) is 29.3 Å². The lowest BCUT2D eigenvalue weighted by Gasteiger charge is -2.28. The summed E-state index contributed by atoms with van der Waals surface area (Å²) in [5.41, 5.74) is 0.992. The molecule has 0 fully saturated rings. The molecule has 1 aromatic carbocycles. The van der Waals surface area contributed by atoms with E-state index in [0.717, 1.165) is 10.0 Å². The first-order valence-corrected chi connectivity index (χ1v) is 7.13. The molecule has 0 saturated carbocycles. The van der Waals surface area contributed by atoms with Crippen molar-refractivity contribution in [3.05, 3.63) is 34.3 Å². The van der Waals surface area contributed by atoms with Gasteiger partial charge < -0.3 is 5.11 Å². The number of benzene rings is 1. The topological polar surface area (TPSA) is 20.2 Å². The molecule has 0 amide bonds. The van der Waals surface area contributed by atoms with Crippen molar-refractivity contribution in [1.82, 2.24) is 0 Å². The van der Waals surface area contributed by atoms with Crippen LogP contribution in [-0.4, -0.2) is 18.4 Å². The molecular weight excluding hydrogens is 247 g/mol. The molecule has 0 heterocycles. The van der Waals surface area contributed by atoms with Gasteiger partial charge in [0.2, 0.25) is 0 Å². The summed E-state index contributed by atoms with van der Waals surface area (Å²) in [5, 5.41) is 9.50. The van der Waals surface area contributed by atoms with E-state index in [4.69, 9.17) is 0 Å². The molecule has 0 aliphatic heterocycles. The highest BCUT2D eigenvalue weighted by Crippen LogP contribution is 2.48. The van der Waals surface area contributed by atoms with Gasteiger partial charge in [-0.25, -0.2) is 0 Å². The Morgan fingerprint density at radius 2 is 1.69 bits per heavy atom. The lowest BCUT2D eigenvalue weighted by Crippen LogP contribution is -2.17. The van der Waals surface area contributed by atoms with Gasteiger partial charge >= 0.3 is 0 Å². The van der Waals surface area contributed by atoms with Crippen LogP contribution in [0.3, 0.4) is 0 Å². The molecule has 0 radical (unpaired) electrons. The summed E-state index contributed by atoms with van der Waals surface area (Å²) >= 11 is 3.37. The molecule has 3 heteroatoms. The fourth-order valence-corrected chi connectivity index (χ4v) is 1.95. The van der Waals surface area contributed by atoms with Crippen LogP contribution in [0.25, 0.3) is 0 Å². The zero-order chi connectivity index (χ0) is 10.1. The van der Waals surface area contributed by atoms with Crippen LogP contribution >= 0.6 is 23.9 Å². The van der Waals surface area contributed by atoms with E-state index >= 15 is 0 Å². The summed E-state index contributed by atoms with van der Waals surface area (Å²) in [6.07, 6.45) is 0. The largest absolute Gasteiger partial charge is 0.381 e. The smallest absolute Gasteiger partial charge is 0.105 e. The summed E-state index contributed by atoms with van der Waals surface area (Å²) in [5.74, 6) is 0. The van der Waals surface area contributed by atoms with E-state index < -0.39 is 5.34 Å². The summed E-state index contributed by atoms with van der Waals surface area (Å²) in [6, 6.07) is 7.85. The van der Waals surface area contributed by atoms with E-state index in [0.29, 0.717) is 0 Å². The Morgan fingerprint density at radius 3 is 2.08 bits per heavy atom. The molecule has 0 bridgehead atoms. The van der Waals surface area contributed by atoms with Crippen molar-refractivity contribution >= 4 is 23.9 Å². The molecule has 1 nitrogen and oxygen atoms in total. The van der Waals surface area contributed by atoms with Crippen LogP contribution in [0.15, 0.2) is 28.7 Å². The molecule has 1 rings (SSSR count). The third-order valence-electron chi connectivity index (χ3n) is 2.26. The second-order valence-corrected chi connectivity index (χ2v) is 7.00. The first-order chi connectivity index (χ1) is 5.94. The van der Waals surface area contributed by atoms with Crippen molar-refractivity contribution in [2.75, 3.05) is 13.3 Å². The van der Waals surface area contributed by atoms with Gasteiger partial charge in [-0.3, -0.25) is 0 Å².